The van der Waals surface area contributed by atoms with Crippen molar-refractivity contribution in [1.29, 1.82) is 0 Å². The number of amides is 2. The molecule has 0 spiro atoms. The molecule has 2 N–H and O–H groups in total. The lowest BCUT2D eigenvalue weighted by Gasteiger charge is -2.38. The van der Waals surface area contributed by atoms with Crippen LogP contribution in [0.25, 0.3) is 17.0 Å². The van der Waals surface area contributed by atoms with Gasteiger partial charge in [0.05, 0.1) is 10.8 Å². The van der Waals surface area contributed by atoms with E-state index < -0.39 is 17.9 Å². The zero-order valence-corrected chi connectivity index (χ0v) is 28.5. The molecule has 0 bridgehead atoms. The number of aliphatic carboxylic acids is 1. The van der Waals surface area contributed by atoms with Crippen LogP contribution in [-0.4, -0.2) is 56.9 Å². The Morgan fingerprint density at radius 1 is 0.936 bits per heavy atom. The van der Waals surface area contributed by atoms with E-state index in [9.17, 15) is 19.5 Å². The van der Waals surface area contributed by atoms with Gasteiger partial charge in [-0.2, -0.15) is 0 Å². The molecule has 9 heteroatoms. The van der Waals surface area contributed by atoms with Gasteiger partial charge in [-0.1, -0.05) is 83.2 Å². The zero-order chi connectivity index (χ0) is 33.1. The molecule has 1 saturated carbocycles. The maximum Gasteiger partial charge on any atom is 0.310 e. The summed E-state index contributed by atoms with van der Waals surface area (Å²) in [4.78, 5) is 50.6. The van der Waals surface area contributed by atoms with E-state index in [1.807, 2.05) is 42.7 Å². The lowest BCUT2D eigenvalue weighted by atomic mass is 9.73. The van der Waals surface area contributed by atoms with Crippen LogP contribution in [-0.2, 0) is 21.4 Å². The van der Waals surface area contributed by atoms with Gasteiger partial charge in [-0.3, -0.25) is 14.4 Å². The first kappa shape index (κ1) is 33.1. The van der Waals surface area contributed by atoms with Crippen LogP contribution in [0.4, 0.5) is 0 Å². The van der Waals surface area contributed by atoms with Gasteiger partial charge in [0.15, 0.2) is 5.82 Å². The molecule has 2 aliphatic carbocycles. The first-order valence-corrected chi connectivity index (χ1v) is 17.9. The molecule has 6 rings (SSSR count). The predicted octanol–water partition coefficient (Wildman–Crippen LogP) is 7.15. The number of carbonyl (C=O) groups is 3. The van der Waals surface area contributed by atoms with Crippen molar-refractivity contribution in [3.63, 3.8) is 0 Å². The molecule has 1 aromatic carbocycles. The van der Waals surface area contributed by atoms with Gasteiger partial charge < -0.3 is 15.3 Å². The number of thiophene rings is 1. The van der Waals surface area contributed by atoms with Crippen molar-refractivity contribution in [2.24, 2.45) is 17.8 Å². The van der Waals surface area contributed by atoms with Crippen LogP contribution in [0.3, 0.4) is 0 Å². The largest absolute Gasteiger partial charge is 0.481 e. The molecule has 2 amide bonds. The molecule has 3 aliphatic rings. The number of nitrogens with zero attached hydrogens (tertiary/aromatic N) is 3. The van der Waals surface area contributed by atoms with Crippen LogP contribution >= 0.6 is 11.3 Å². The summed E-state index contributed by atoms with van der Waals surface area (Å²) < 4.78 is 0. The van der Waals surface area contributed by atoms with Crippen LogP contribution < -0.4 is 5.32 Å². The number of hydrogen-bond donors (Lipinski definition) is 2. The summed E-state index contributed by atoms with van der Waals surface area (Å²) in [6.45, 7) is 6.59. The third-order valence-corrected chi connectivity index (χ3v) is 11.7. The Hall–Kier alpha value is -3.85. The average molecular weight is 655 g/mol. The molecule has 248 valence electrons. The standard InChI is InChI=1S/C38H46N4O4S/c1-38(2,3)33-18-17-32(47-33)35(43)41-31(36(44)42-22-30(23-42)37(45)46)19-24-9-11-28(12-10-24)34-39-20-29(21-40-34)27-15-13-26(14-16-27)25-7-5-4-6-8-25/h9-12,15,17-18,20-21,25-26,30-31H,4-8,13-14,16,19,22-23H2,1-3H3,(H,41,43)(H,45,46). The smallest absolute Gasteiger partial charge is 0.310 e. The Morgan fingerprint density at radius 2 is 1.64 bits per heavy atom. The number of aromatic nitrogens is 2. The van der Waals surface area contributed by atoms with Crippen molar-refractivity contribution in [2.75, 3.05) is 13.1 Å². The Morgan fingerprint density at radius 3 is 2.23 bits per heavy atom. The highest BCUT2D eigenvalue weighted by molar-refractivity contribution is 7.14. The molecule has 3 aromatic rings. The number of rotatable bonds is 9. The van der Waals surface area contributed by atoms with Crippen LogP contribution in [0.1, 0.15) is 97.8 Å². The summed E-state index contributed by atoms with van der Waals surface area (Å²) >= 11 is 1.42. The van der Waals surface area contributed by atoms with E-state index >= 15 is 0 Å². The fourth-order valence-corrected chi connectivity index (χ4v) is 8.11. The monoisotopic (exact) mass is 654 g/mol. The molecule has 2 unspecified atom stereocenters. The highest BCUT2D eigenvalue weighted by Gasteiger charge is 2.39. The molecular formula is C38H46N4O4S. The van der Waals surface area contributed by atoms with Crippen LogP contribution in [0.5, 0.6) is 0 Å². The second-order valence-corrected chi connectivity index (χ2v) is 15.7. The van der Waals surface area contributed by atoms with Crippen LogP contribution in [0.15, 0.2) is 54.9 Å². The summed E-state index contributed by atoms with van der Waals surface area (Å²) in [5, 5.41) is 12.3. The quantitative estimate of drug-likeness (QED) is 0.254. The van der Waals surface area contributed by atoms with Gasteiger partial charge in [-0.15, -0.1) is 11.3 Å². The summed E-state index contributed by atoms with van der Waals surface area (Å²) in [7, 11) is 0. The van der Waals surface area contributed by atoms with Crippen molar-refractivity contribution in [2.45, 2.75) is 90.0 Å². The third-order valence-electron chi connectivity index (χ3n) is 10.2. The molecule has 1 aliphatic heterocycles. The minimum absolute atomic E-state index is 0.0847. The van der Waals surface area contributed by atoms with E-state index in [1.54, 1.807) is 6.07 Å². The molecule has 2 aromatic heterocycles. The van der Waals surface area contributed by atoms with Crippen molar-refractivity contribution < 1.29 is 19.5 Å². The maximum atomic E-state index is 13.5. The molecule has 0 radical (unpaired) electrons. The minimum atomic E-state index is -0.910. The van der Waals surface area contributed by atoms with Gasteiger partial charge >= 0.3 is 5.97 Å². The van der Waals surface area contributed by atoms with E-state index in [4.69, 9.17) is 9.97 Å². The Balaban J connectivity index is 1.11. The number of hydrogen-bond acceptors (Lipinski definition) is 6. The van der Waals surface area contributed by atoms with E-state index in [0.717, 1.165) is 46.2 Å². The summed E-state index contributed by atoms with van der Waals surface area (Å²) in [6.07, 6.45) is 17.1. The molecule has 2 atom stereocenters. The number of benzene rings is 1. The van der Waals surface area contributed by atoms with Crippen molar-refractivity contribution in [3.8, 4) is 11.4 Å². The SMILES string of the molecule is CC(C)(C)c1ccc(C(=O)NC(Cc2ccc(-c3ncc(C4=CCC(C5CCCCC5)CC4)cn3)cc2)C(=O)N2CC(C(=O)O)C2)s1. The molecule has 47 heavy (non-hydrogen) atoms. The number of nitrogens with one attached hydrogen (secondary N) is 1. The summed E-state index contributed by atoms with van der Waals surface area (Å²) in [5.74, 6) is 0.315. The van der Waals surface area contributed by atoms with Crippen molar-refractivity contribution in [1.82, 2.24) is 20.2 Å². The van der Waals surface area contributed by atoms with E-state index in [0.29, 0.717) is 10.7 Å². The highest BCUT2D eigenvalue weighted by Crippen LogP contribution is 2.39. The van der Waals surface area contributed by atoms with Gasteiger partial charge in [0, 0.05) is 47.9 Å². The number of carbonyl (C=O) groups excluding carboxylic acids is 2. The fraction of sp³-hybridized carbons (Fsp3) is 0.500. The Labute approximate surface area is 281 Å². The van der Waals surface area contributed by atoms with E-state index in [2.05, 4.69) is 32.2 Å². The predicted molar refractivity (Wildman–Crippen MR) is 185 cm³/mol. The van der Waals surface area contributed by atoms with Gasteiger partial charge in [0.2, 0.25) is 5.91 Å². The zero-order valence-electron chi connectivity index (χ0n) is 27.7. The molecule has 1 saturated heterocycles. The lowest BCUT2D eigenvalue weighted by molar-refractivity contribution is -0.153. The van der Waals surface area contributed by atoms with Gasteiger partial charge in [0.1, 0.15) is 6.04 Å². The fourth-order valence-electron chi connectivity index (χ4n) is 7.15. The first-order chi connectivity index (χ1) is 22.5. The number of allylic oxidation sites excluding steroid dienone is 2. The highest BCUT2D eigenvalue weighted by atomic mass is 32.1. The third kappa shape index (κ3) is 7.83. The van der Waals surface area contributed by atoms with E-state index in [-0.39, 0.29) is 36.7 Å². The number of carboxylic acids is 1. The van der Waals surface area contributed by atoms with Crippen LogP contribution in [0.2, 0.25) is 0 Å². The maximum absolute atomic E-state index is 13.5. The Kier molecular flexibility index (Phi) is 9.92. The van der Waals surface area contributed by atoms with Gasteiger partial charge in [0.25, 0.3) is 5.91 Å². The van der Waals surface area contributed by atoms with E-state index in [1.165, 1.54) is 60.3 Å². The normalized spacial score (nSPS) is 19.9. The Bertz CT molecular complexity index is 1610. The minimum Gasteiger partial charge on any atom is -0.481 e. The van der Waals surface area contributed by atoms with Crippen molar-refractivity contribution >= 4 is 34.7 Å². The average Bonchev–Trinajstić information content (AvgIpc) is 3.56. The summed E-state index contributed by atoms with van der Waals surface area (Å²) in [5.41, 5.74) is 4.12. The van der Waals surface area contributed by atoms with Crippen molar-refractivity contribution in [3.05, 3.63) is 75.7 Å². The number of likely N-dealkylation sites (tertiary alicyclic amines) is 1. The number of carboxylic acid groups (broad SMARTS) is 1. The molecular weight excluding hydrogens is 609 g/mol. The first-order valence-electron chi connectivity index (χ1n) is 17.1. The molecule has 3 heterocycles. The topological polar surface area (TPSA) is 112 Å². The second-order valence-electron chi connectivity index (χ2n) is 14.6. The van der Waals surface area contributed by atoms with Crippen LogP contribution in [0, 0.1) is 17.8 Å². The molecule has 8 nitrogen and oxygen atoms in total. The van der Waals surface area contributed by atoms with Gasteiger partial charge in [-0.05, 0) is 59.8 Å². The van der Waals surface area contributed by atoms with Gasteiger partial charge in [-0.25, -0.2) is 9.97 Å². The lowest BCUT2D eigenvalue weighted by Crippen LogP contribution is -2.59. The summed E-state index contributed by atoms with van der Waals surface area (Å²) in [6, 6.07) is 10.7. The second kappa shape index (κ2) is 14.1. The molecule has 2 fully saturated rings.